The zero-order valence-corrected chi connectivity index (χ0v) is 13.6. The Morgan fingerprint density at radius 3 is 2.76 bits per heavy atom. The maximum atomic E-state index is 13.9. The Balaban J connectivity index is 2.34. The van der Waals surface area contributed by atoms with Gasteiger partial charge in [0.2, 0.25) is 0 Å². The third-order valence-electron chi connectivity index (χ3n) is 3.22. The second kappa shape index (κ2) is 6.41. The van der Waals surface area contributed by atoms with Crippen molar-refractivity contribution in [1.29, 1.82) is 0 Å². The van der Waals surface area contributed by atoms with Gasteiger partial charge >= 0.3 is 0 Å². The summed E-state index contributed by atoms with van der Waals surface area (Å²) in [6.45, 7) is 4.04. The van der Waals surface area contributed by atoms with Crippen molar-refractivity contribution in [2.45, 2.75) is 20.4 Å². The van der Waals surface area contributed by atoms with Crippen LogP contribution in [-0.4, -0.2) is 21.9 Å². The smallest absolute Gasteiger partial charge is 0.170 e. The van der Waals surface area contributed by atoms with Gasteiger partial charge in [0.15, 0.2) is 5.11 Å². The molecule has 0 atom stereocenters. The number of hydrogen-bond acceptors (Lipinski definition) is 2. The van der Waals surface area contributed by atoms with Crippen molar-refractivity contribution in [1.82, 2.24) is 15.1 Å². The molecule has 0 unspecified atom stereocenters. The molecule has 0 aliphatic carbocycles. The molecule has 1 aromatic heterocycles. The second-order valence-corrected chi connectivity index (χ2v) is 5.42. The summed E-state index contributed by atoms with van der Waals surface area (Å²) in [7, 11) is 1.74. The van der Waals surface area contributed by atoms with Crippen LogP contribution in [0, 0.1) is 19.7 Å². The number of aryl methyl sites for hydroxylation is 1. The van der Waals surface area contributed by atoms with Crippen LogP contribution in [0.25, 0.3) is 0 Å². The van der Waals surface area contributed by atoms with E-state index >= 15 is 0 Å². The van der Waals surface area contributed by atoms with Crippen molar-refractivity contribution in [3.05, 3.63) is 46.0 Å². The van der Waals surface area contributed by atoms with Gasteiger partial charge in [-0.25, -0.2) is 4.39 Å². The van der Waals surface area contributed by atoms with Gasteiger partial charge in [0.05, 0.1) is 23.6 Å². The van der Waals surface area contributed by atoms with Crippen molar-refractivity contribution in [2.24, 2.45) is 0 Å². The molecule has 0 fully saturated rings. The van der Waals surface area contributed by atoms with E-state index in [1.54, 1.807) is 23.9 Å². The van der Waals surface area contributed by atoms with Crippen LogP contribution in [0.15, 0.2) is 18.2 Å². The van der Waals surface area contributed by atoms with Crippen molar-refractivity contribution < 1.29 is 4.39 Å². The number of thiocarbonyl (C=S) groups is 1. The fourth-order valence-electron chi connectivity index (χ4n) is 2.04. The van der Waals surface area contributed by atoms with Gasteiger partial charge in [0.1, 0.15) is 5.82 Å². The molecule has 0 bridgehead atoms. The first kappa shape index (κ1) is 15.7. The van der Waals surface area contributed by atoms with Gasteiger partial charge in [0, 0.05) is 17.6 Å². The Morgan fingerprint density at radius 1 is 1.43 bits per heavy atom. The summed E-state index contributed by atoms with van der Waals surface area (Å²) in [5.74, 6) is -0.338. The molecular formula is C14H16ClFN4S. The number of aromatic nitrogens is 2. The van der Waals surface area contributed by atoms with Crippen LogP contribution in [0.3, 0.4) is 0 Å². The monoisotopic (exact) mass is 326 g/mol. The Labute approximate surface area is 133 Å². The van der Waals surface area contributed by atoms with Gasteiger partial charge in [-0.3, -0.25) is 4.68 Å². The third kappa shape index (κ3) is 3.33. The number of hydrogen-bond donors (Lipinski definition) is 2. The average molecular weight is 327 g/mol. The number of anilines is 1. The summed E-state index contributed by atoms with van der Waals surface area (Å²) in [6, 6.07) is 4.64. The average Bonchev–Trinajstić information content (AvgIpc) is 2.70. The highest BCUT2D eigenvalue weighted by Crippen LogP contribution is 2.24. The predicted molar refractivity (Wildman–Crippen MR) is 87.5 cm³/mol. The summed E-state index contributed by atoms with van der Waals surface area (Å²) < 4.78 is 15.6. The fraction of sp³-hybridized carbons (Fsp3) is 0.286. The van der Waals surface area contributed by atoms with Gasteiger partial charge in [-0.15, -0.1) is 0 Å². The van der Waals surface area contributed by atoms with E-state index in [4.69, 9.17) is 23.8 Å². The molecule has 0 amide bonds. The Morgan fingerprint density at radius 2 is 2.14 bits per heavy atom. The molecule has 7 heteroatoms. The third-order valence-corrected chi connectivity index (χ3v) is 3.88. The molecule has 2 rings (SSSR count). The minimum Gasteiger partial charge on any atom is -0.366 e. The molecule has 4 nitrogen and oxygen atoms in total. The van der Waals surface area contributed by atoms with Crippen LogP contribution in [0.5, 0.6) is 0 Å². The number of nitrogens with one attached hydrogen (secondary N) is 2. The largest absolute Gasteiger partial charge is 0.366 e. The molecule has 21 heavy (non-hydrogen) atoms. The van der Waals surface area contributed by atoms with Gasteiger partial charge in [-0.05, 0) is 38.2 Å². The van der Waals surface area contributed by atoms with E-state index in [1.807, 2.05) is 13.8 Å². The van der Waals surface area contributed by atoms with Crippen LogP contribution in [-0.2, 0) is 6.54 Å². The molecular weight excluding hydrogens is 311 g/mol. The topological polar surface area (TPSA) is 41.9 Å². The minimum absolute atomic E-state index is 0.270. The standard InChI is InChI=1S/C14H16ClFN4S/c1-8-13(18-14(21)17-3)9(2)20(19-8)7-10-11(15)5-4-6-12(10)16/h4-6H,7H2,1-3H3,(H2,17,18,21). The molecule has 0 saturated carbocycles. The van der Waals surface area contributed by atoms with Crippen molar-refractivity contribution in [3.8, 4) is 0 Å². The molecule has 0 aliphatic heterocycles. The van der Waals surface area contributed by atoms with E-state index in [9.17, 15) is 4.39 Å². The summed E-state index contributed by atoms with van der Waals surface area (Å²) >= 11 is 11.2. The molecule has 2 N–H and O–H groups in total. The summed E-state index contributed by atoms with van der Waals surface area (Å²) in [4.78, 5) is 0. The Bertz CT molecular complexity index is 664. The molecule has 0 saturated heterocycles. The number of rotatable bonds is 3. The van der Waals surface area contributed by atoms with Crippen molar-refractivity contribution >= 4 is 34.6 Å². The van der Waals surface area contributed by atoms with E-state index in [-0.39, 0.29) is 12.4 Å². The highest BCUT2D eigenvalue weighted by atomic mass is 35.5. The summed E-state index contributed by atoms with van der Waals surface area (Å²) in [5.41, 5.74) is 2.90. The van der Waals surface area contributed by atoms with Crippen LogP contribution in [0.1, 0.15) is 17.0 Å². The van der Waals surface area contributed by atoms with E-state index < -0.39 is 0 Å². The minimum atomic E-state index is -0.338. The molecule has 0 aliphatic rings. The zero-order chi connectivity index (χ0) is 15.6. The van der Waals surface area contributed by atoms with Gasteiger partial charge in [-0.1, -0.05) is 17.7 Å². The lowest BCUT2D eigenvalue weighted by Gasteiger charge is -2.09. The Kier molecular flexibility index (Phi) is 4.80. The van der Waals surface area contributed by atoms with E-state index in [2.05, 4.69) is 15.7 Å². The lowest BCUT2D eigenvalue weighted by Crippen LogP contribution is -2.24. The van der Waals surface area contributed by atoms with E-state index in [0.29, 0.717) is 15.7 Å². The fourth-order valence-corrected chi connectivity index (χ4v) is 2.37. The predicted octanol–water partition coefficient (Wildman–Crippen LogP) is 3.26. The van der Waals surface area contributed by atoms with Crippen LogP contribution in [0.2, 0.25) is 5.02 Å². The first-order valence-electron chi connectivity index (χ1n) is 6.39. The molecule has 1 aromatic carbocycles. The maximum Gasteiger partial charge on any atom is 0.170 e. The number of benzene rings is 1. The SMILES string of the molecule is CNC(=S)Nc1c(C)nn(Cc2c(F)cccc2Cl)c1C. The van der Waals surface area contributed by atoms with Crippen molar-refractivity contribution in [3.63, 3.8) is 0 Å². The molecule has 112 valence electrons. The van der Waals surface area contributed by atoms with Gasteiger partial charge in [-0.2, -0.15) is 5.10 Å². The lowest BCUT2D eigenvalue weighted by molar-refractivity contribution is 0.579. The van der Waals surface area contributed by atoms with Gasteiger partial charge < -0.3 is 10.6 Å². The number of halogens is 2. The molecule has 0 radical (unpaired) electrons. The first-order chi connectivity index (χ1) is 9.93. The van der Waals surface area contributed by atoms with Crippen LogP contribution < -0.4 is 10.6 Å². The molecule has 1 heterocycles. The van der Waals surface area contributed by atoms with Crippen LogP contribution >= 0.6 is 23.8 Å². The summed E-state index contributed by atoms with van der Waals surface area (Å²) in [6.07, 6.45) is 0. The lowest BCUT2D eigenvalue weighted by atomic mass is 10.2. The molecule has 0 spiro atoms. The summed E-state index contributed by atoms with van der Waals surface area (Å²) in [5, 5.41) is 11.2. The maximum absolute atomic E-state index is 13.9. The van der Waals surface area contributed by atoms with Crippen LogP contribution in [0.4, 0.5) is 10.1 Å². The normalized spacial score (nSPS) is 10.5. The Hall–Kier alpha value is -1.66. The first-order valence-corrected chi connectivity index (χ1v) is 7.18. The van der Waals surface area contributed by atoms with E-state index in [1.165, 1.54) is 6.07 Å². The second-order valence-electron chi connectivity index (χ2n) is 4.61. The molecule has 2 aromatic rings. The van der Waals surface area contributed by atoms with E-state index in [0.717, 1.165) is 17.1 Å². The zero-order valence-electron chi connectivity index (χ0n) is 12.0. The highest BCUT2D eigenvalue weighted by Gasteiger charge is 2.15. The van der Waals surface area contributed by atoms with Crippen molar-refractivity contribution in [2.75, 3.05) is 12.4 Å². The highest BCUT2D eigenvalue weighted by molar-refractivity contribution is 7.80. The quantitative estimate of drug-likeness (QED) is 0.850. The number of nitrogens with zero attached hydrogens (tertiary/aromatic N) is 2. The van der Waals surface area contributed by atoms with Gasteiger partial charge in [0.25, 0.3) is 0 Å².